The fourth-order valence-corrected chi connectivity index (χ4v) is 3.76. The molecule has 0 radical (unpaired) electrons. The van der Waals surface area contributed by atoms with Crippen LogP contribution in [0.5, 0.6) is 11.5 Å². The maximum atomic E-state index is 11.9. The highest BCUT2D eigenvalue weighted by molar-refractivity contribution is 7.86. The second-order valence-electron chi connectivity index (χ2n) is 6.52. The van der Waals surface area contributed by atoms with Gasteiger partial charge < -0.3 is 15.5 Å². The maximum absolute atomic E-state index is 11.9. The number of phenols is 2. The molecule has 172 valence electrons. The van der Waals surface area contributed by atoms with Gasteiger partial charge in [0.2, 0.25) is 5.69 Å². The Morgan fingerprint density at radius 2 is 1.70 bits per heavy atom. The number of azo groups is 1. The molecule has 14 nitrogen and oxygen atoms in total. The topological polar surface area (TPSA) is 218 Å². The first-order valence-electron chi connectivity index (χ1n) is 9.03. The Balaban J connectivity index is 2.27. The minimum Gasteiger partial charge on any atom is -0.505 e. The molecule has 0 fully saturated rings. The van der Waals surface area contributed by atoms with Gasteiger partial charge in [-0.05, 0) is 37.3 Å². The lowest BCUT2D eigenvalue weighted by molar-refractivity contribution is -0.422. The zero-order valence-electron chi connectivity index (χ0n) is 16.7. The van der Waals surface area contributed by atoms with E-state index in [9.17, 15) is 43.4 Å². The van der Waals surface area contributed by atoms with Gasteiger partial charge in [-0.1, -0.05) is 0 Å². The average Bonchev–Trinajstić information content (AvgIpc) is 2.72. The van der Waals surface area contributed by atoms with Crippen molar-refractivity contribution in [3.8, 4) is 11.5 Å². The van der Waals surface area contributed by atoms with Crippen molar-refractivity contribution >= 4 is 49.3 Å². The Hall–Kier alpha value is -4.37. The number of nitro groups is 2. The molecule has 0 aromatic heterocycles. The predicted octanol–water partition coefficient (Wildman–Crippen LogP) is 4.16. The summed E-state index contributed by atoms with van der Waals surface area (Å²) in [5.41, 5.74) is -3.05. The lowest BCUT2D eigenvalue weighted by Gasteiger charge is -2.11. The Kier molecular flexibility index (Phi) is 6.10. The molecular weight excluding hydrogens is 462 g/mol. The van der Waals surface area contributed by atoms with Gasteiger partial charge in [0.15, 0.2) is 11.5 Å². The van der Waals surface area contributed by atoms with Crippen LogP contribution in [0.2, 0.25) is 0 Å². The van der Waals surface area contributed by atoms with Crippen molar-refractivity contribution in [1.82, 2.24) is 0 Å². The number of nitrogens with one attached hydrogen (secondary N) is 1. The van der Waals surface area contributed by atoms with E-state index in [1.54, 1.807) is 6.92 Å². The van der Waals surface area contributed by atoms with E-state index < -0.39 is 59.1 Å². The molecule has 0 spiro atoms. The number of hydrogen-bond acceptors (Lipinski definition) is 11. The number of hydrogen-bond donors (Lipinski definition) is 4. The highest BCUT2D eigenvalue weighted by Gasteiger charge is 2.31. The molecular formula is C18H15N5O9S. The van der Waals surface area contributed by atoms with Crippen LogP contribution in [0.25, 0.3) is 10.8 Å². The monoisotopic (exact) mass is 477 g/mol. The fraction of sp³-hybridized carbons (Fsp3) is 0.111. The van der Waals surface area contributed by atoms with E-state index in [4.69, 9.17) is 0 Å². The lowest BCUT2D eigenvalue weighted by atomic mass is 10.1. The first-order valence-corrected chi connectivity index (χ1v) is 10.5. The summed E-state index contributed by atoms with van der Waals surface area (Å²) in [6, 6.07) is 6.53. The molecule has 15 heteroatoms. The third-order valence-corrected chi connectivity index (χ3v) is 5.35. The number of anilines is 1. The molecule has 0 amide bonds. The summed E-state index contributed by atoms with van der Waals surface area (Å²) < 4.78 is 33.6. The molecule has 3 rings (SSSR count). The van der Waals surface area contributed by atoms with Crippen LogP contribution in [0.15, 0.2) is 51.5 Å². The van der Waals surface area contributed by atoms with E-state index in [0.717, 1.165) is 12.1 Å². The van der Waals surface area contributed by atoms with Crippen LogP contribution in [0.1, 0.15) is 6.92 Å². The van der Waals surface area contributed by atoms with E-state index in [2.05, 4.69) is 15.5 Å². The second-order valence-corrected chi connectivity index (χ2v) is 7.91. The van der Waals surface area contributed by atoms with Crippen LogP contribution >= 0.6 is 0 Å². The summed E-state index contributed by atoms with van der Waals surface area (Å²) >= 11 is 0. The van der Waals surface area contributed by atoms with Gasteiger partial charge in [-0.15, -0.1) is 10.2 Å². The van der Waals surface area contributed by atoms with Crippen LogP contribution in [0, 0.1) is 20.2 Å². The van der Waals surface area contributed by atoms with Crippen LogP contribution in [-0.4, -0.2) is 39.6 Å². The largest absolute Gasteiger partial charge is 0.505 e. The Morgan fingerprint density at radius 3 is 2.27 bits per heavy atom. The highest BCUT2D eigenvalue weighted by Crippen LogP contribution is 2.45. The van der Waals surface area contributed by atoms with Crippen LogP contribution < -0.4 is 5.32 Å². The van der Waals surface area contributed by atoms with Crippen LogP contribution in [0.3, 0.4) is 0 Å². The zero-order valence-corrected chi connectivity index (χ0v) is 17.5. The van der Waals surface area contributed by atoms with E-state index >= 15 is 0 Å². The van der Waals surface area contributed by atoms with Crippen LogP contribution in [0.4, 0.5) is 28.4 Å². The van der Waals surface area contributed by atoms with Gasteiger partial charge in [0, 0.05) is 29.1 Å². The van der Waals surface area contributed by atoms with E-state index in [-0.39, 0.29) is 10.8 Å². The first-order chi connectivity index (χ1) is 15.5. The van der Waals surface area contributed by atoms with E-state index in [0.29, 0.717) is 18.3 Å². The lowest BCUT2D eigenvalue weighted by Crippen LogP contribution is -2.01. The molecule has 3 aromatic carbocycles. The third-order valence-electron chi connectivity index (χ3n) is 4.46. The standard InChI is InChI=1S/C18H15N5O9S/c1-2-19-9-3-4-10-11(7-9)15(33(30,31)32)8-12(18(10)25)20-21-16-14(24)6-5-13(22(26)27)17(16)23(28)29/h3-8,19,24-25H,2H2,1H3,(H,30,31,32). The highest BCUT2D eigenvalue weighted by atomic mass is 32.2. The number of benzene rings is 3. The zero-order chi connectivity index (χ0) is 24.5. The summed E-state index contributed by atoms with van der Waals surface area (Å²) in [4.78, 5) is 19.6. The predicted molar refractivity (Wildman–Crippen MR) is 115 cm³/mol. The summed E-state index contributed by atoms with van der Waals surface area (Å²) in [5, 5.41) is 52.8. The maximum Gasteiger partial charge on any atom is 0.377 e. The van der Waals surface area contributed by atoms with Crippen molar-refractivity contribution in [3.05, 3.63) is 56.6 Å². The van der Waals surface area contributed by atoms with Crippen molar-refractivity contribution in [1.29, 1.82) is 0 Å². The van der Waals surface area contributed by atoms with Gasteiger partial charge >= 0.3 is 11.4 Å². The quantitative estimate of drug-likeness (QED) is 0.165. The number of phenolic OH excluding ortho intramolecular Hbond substituents is 2. The van der Waals surface area contributed by atoms with Gasteiger partial charge in [-0.3, -0.25) is 24.8 Å². The smallest absolute Gasteiger partial charge is 0.377 e. The van der Waals surface area contributed by atoms with Crippen molar-refractivity contribution in [3.63, 3.8) is 0 Å². The number of nitro benzene ring substituents is 2. The van der Waals surface area contributed by atoms with Crippen molar-refractivity contribution in [2.24, 2.45) is 10.2 Å². The van der Waals surface area contributed by atoms with E-state index in [1.165, 1.54) is 18.2 Å². The molecule has 0 aliphatic carbocycles. The summed E-state index contributed by atoms with van der Waals surface area (Å²) in [6.07, 6.45) is 0. The van der Waals surface area contributed by atoms with Crippen molar-refractivity contribution in [2.45, 2.75) is 11.8 Å². The number of aromatic hydroxyl groups is 2. The van der Waals surface area contributed by atoms with Crippen molar-refractivity contribution in [2.75, 3.05) is 11.9 Å². The van der Waals surface area contributed by atoms with Gasteiger partial charge in [-0.2, -0.15) is 8.42 Å². The Labute approximate surface area is 184 Å². The van der Waals surface area contributed by atoms with Gasteiger partial charge in [0.05, 0.1) is 9.85 Å². The third kappa shape index (κ3) is 4.48. The second kappa shape index (κ2) is 8.64. The number of fused-ring (bicyclic) bond motifs is 1. The number of nitrogens with zero attached hydrogens (tertiary/aromatic N) is 4. The molecule has 0 saturated heterocycles. The summed E-state index contributed by atoms with van der Waals surface area (Å²) in [5.74, 6) is -1.40. The molecule has 3 aromatic rings. The number of rotatable bonds is 7. The summed E-state index contributed by atoms with van der Waals surface area (Å²) in [6.45, 7) is 2.31. The van der Waals surface area contributed by atoms with Crippen LogP contribution in [-0.2, 0) is 10.1 Å². The minimum absolute atomic E-state index is 0.0431. The first kappa shape index (κ1) is 23.3. The Morgan fingerprint density at radius 1 is 1.00 bits per heavy atom. The van der Waals surface area contributed by atoms with Crippen molar-refractivity contribution < 1.29 is 33.0 Å². The molecule has 0 aliphatic rings. The van der Waals surface area contributed by atoms with Gasteiger partial charge in [0.25, 0.3) is 10.1 Å². The molecule has 0 aliphatic heterocycles. The molecule has 0 unspecified atom stereocenters. The van der Waals surface area contributed by atoms with Gasteiger partial charge in [0.1, 0.15) is 10.6 Å². The van der Waals surface area contributed by atoms with E-state index in [1.807, 2.05) is 0 Å². The SMILES string of the molecule is CCNc1ccc2c(O)c(N=Nc3c(O)ccc([N+](=O)[O-])c3[N+](=O)[O-])cc(S(=O)(=O)O)c2c1. The minimum atomic E-state index is -4.82. The molecule has 33 heavy (non-hydrogen) atoms. The van der Waals surface area contributed by atoms with Gasteiger partial charge in [-0.25, -0.2) is 0 Å². The fourth-order valence-electron chi connectivity index (χ4n) is 3.05. The average molecular weight is 477 g/mol. The molecule has 0 heterocycles. The molecule has 0 atom stereocenters. The Bertz CT molecular complexity index is 1440. The summed E-state index contributed by atoms with van der Waals surface area (Å²) in [7, 11) is -4.82. The molecule has 0 bridgehead atoms. The molecule has 0 saturated carbocycles. The molecule has 4 N–H and O–H groups in total. The normalized spacial score (nSPS) is 11.7.